The van der Waals surface area contributed by atoms with Gasteiger partial charge in [0.1, 0.15) is 11.6 Å². The van der Waals surface area contributed by atoms with Gasteiger partial charge >= 0.3 is 0 Å². The molecule has 0 aromatic carbocycles. The van der Waals surface area contributed by atoms with E-state index in [9.17, 15) is 0 Å². The summed E-state index contributed by atoms with van der Waals surface area (Å²) in [6.45, 7) is 9.77. The van der Waals surface area contributed by atoms with Crippen LogP contribution in [0.25, 0.3) is 0 Å². The van der Waals surface area contributed by atoms with Crippen LogP contribution < -0.4 is 5.32 Å². The Morgan fingerprint density at radius 2 is 1.85 bits per heavy atom. The van der Waals surface area contributed by atoms with Crippen molar-refractivity contribution >= 4 is 28.4 Å². The summed E-state index contributed by atoms with van der Waals surface area (Å²) < 4.78 is 1.23. The van der Waals surface area contributed by atoms with Gasteiger partial charge in [0.15, 0.2) is 0 Å². The summed E-state index contributed by atoms with van der Waals surface area (Å²) in [5.41, 5.74) is 1.51. The molecule has 1 fully saturated rings. The molecule has 2 rings (SSSR count). The Morgan fingerprint density at radius 1 is 1.20 bits per heavy atom. The van der Waals surface area contributed by atoms with Gasteiger partial charge in [0.2, 0.25) is 0 Å². The van der Waals surface area contributed by atoms with Gasteiger partial charge in [0.05, 0.1) is 9.26 Å². The second-order valence-electron chi connectivity index (χ2n) is 6.94. The Labute approximate surface area is 136 Å². The molecule has 0 atom stereocenters. The Kier molecular flexibility index (Phi) is 5.26. The van der Waals surface area contributed by atoms with Gasteiger partial charge in [-0.2, -0.15) is 0 Å². The van der Waals surface area contributed by atoms with Crippen LogP contribution in [0.2, 0.25) is 0 Å². The molecule has 0 radical (unpaired) electrons. The van der Waals surface area contributed by atoms with E-state index in [4.69, 9.17) is 9.97 Å². The van der Waals surface area contributed by atoms with Crippen LogP contribution in [0.1, 0.15) is 70.8 Å². The lowest BCUT2D eigenvalue weighted by molar-refractivity contribution is 0.399. The molecule has 1 aromatic rings. The van der Waals surface area contributed by atoms with E-state index in [1.165, 1.54) is 34.9 Å². The molecule has 0 unspecified atom stereocenters. The predicted molar refractivity (Wildman–Crippen MR) is 93.3 cm³/mol. The molecule has 1 saturated carbocycles. The fourth-order valence-corrected chi connectivity index (χ4v) is 3.69. The highest BCUT2D eigenvalue weighted by atomic mass is 127. The normalized spacial score (nSPS) is 16.6. The highest BCUT2D eigenvalue weighted by Crippen LogP contribution is 2.37. The second kappa shape index (κ2) is 6.58. The second-order valence-corrected chi connectivity index (χ2v) is 8.02. The number of hydrogen-bond donors (Lipinski definition) is 1. The van der Waals surface area contributed by atoms with E-state index in [2.05, 4.69) is 55.6 Å². The SMILES string of the molecule is CCNc1nc(CC(C)(C)C)nc(C2CCCC2)c1I. The van der Waals surface area contributed by atoms with Crippen molar-refractivity contribution in [3.8, 4) is 0 Å². The van der Waals surface area contributed by atoms with E-state index in [0.717, 1.165) is 24.6 Å². The summed E-state index contributed by atoms with van der Waals surface area (Å²) in [6.07, 6.45) is 6.19. The van der Waals surface area contributed by atoms with Gasteiger partial charge in [0, 0.05) is 18.9 Å². The molecule has 0 amide bonds. The lowest BCUT2D eigenvalue weighted by atomic mass is 9.92. The van der Waals surface area contributed by atoms with Crippen molar-refractivity contribution in [1.29, 1.82) is 0 Å². The van der Waals surface area contributed by atoms with E-state index < -0.39 is 0 Å². The fraction of sp³-hybridized carbons (Fsp3) is 0.750. The van der Waals surface area contributed by atoms with Crippen molar-refractivity contribution in [3.63, 3.8) is 0 Å². The summed E-state index contributed by atoms with van der Waals surface area (Å²) in [5, 5.41) is 3.41. The molecule has 4 heteroatoms. The first-order chi connectivity index (χ1) is 9.40. The van der Waals surface area contributed by atoms with Crippen molar-refractivity contribution in [1.82, 2.24) is 9.97 Å². The van der Waals surface area contributed by atoms with Crippen molar-refractivity contribution in [2.45, 2.75) is 65.7 Å². The van der Waals surface area contributed by atoms with Crippen molar-refractivity contribution in [3.05, 3.63) is 15.1 Å². The summed E-state index contributed by atoms with van der Waals surface area (Å²) in [5.74, 6) is 2.67. The maximum absolute atomic E-state index is 4.92. The van der Waals surface area contributed by atoms with E-state index in [1.807, 2.05) is 0 Å². The van der Waals surface area contributed by atoms with Crippen molar-refractivity contribution in [2.75, 3.05) is 11.9 Å². The van der Waals surface area contributed by atoms with Crippen LogP contribution in [-0.2, 0) is 6.42 Å². The minimum atomic E-state index is 0.225. The largest absolute Gasteiger partial charge is 0.369 e. The Bertz CT molecular complexity index is 460. The van der Waals surface area contributed by atoms with Gasteiger partial charge in [-0.3, -0.25) is 0 Å². The third-order valence-electron chi connectivity index (χ3n) is 3.70. The van der Waals surface area contributed by atoms with Gasteiger partial charge < -0.3 is 5.32 Å². The Morgan fingerprint density at radius 3 is 2.40 bits per heavy atom. The zero-order chi connectivity index (χ0) is 14.8. The Hall–Kier alpha value is -0.390. The molecular formula is C16H26IN3. The van der Waals surface area contributed by atoms with Crippen LogP contribution in [0, 0.1) is 8.99 Å². The van der Waals surface area contributed by atoms with Gasteiger partial charge in [-0.05, 0) is 47.8 Å². The van der Waals surface area contributed by atoms with E-state index in [1.54, 1.807) is 0 Å². The van der Waals surface area contributed by atoms with Crippen LogP contribution >= 0.6 is 22.6 Å². The quantitative estimate of drug-likeness (QED) is 0.757. The third kappa shape index (κ3) is 4.06. The van der Waals surface area contributed by atoms with Crippen LogP contribution in [0.3, 0.4) is 0 Å². The number of nitrogens with zero attached hydrogens (tertiary/aromatic N) is 2. The highest BCUT2D eigenvalue weighted by molar-refractivity contribution is 14.1. The van der Waals surface area contributed by atoms with Gasteiger partial charge in [-0.25, -0.2) is 9.97 Å². The first kappa shape index (κ1) is 16.0. The molecule has 0 spiro atoms. The average Bonchev–Trinajstić information content (AvgIpc) is 2.85. The molecule has 1 heterocycles. The monoisotopic (exact) mass is 387 g/mol. The topological polar surface area (TPSA) is 37.8 Å². The van der Waals surface area contributed by atoms with E-state index in [-0.39, 0.29) is 5.41 Å². The van der Waals surface area contributed by atoms with Crippen molar-refractivity contribution in [2.24, 2.45) is 5.41 Å². The zero-order valence-electron chi connectivity index (χ0n) is 13.1. The average molecular weight is 387 g/mol. The molecule has 0 bridgehead atoms. The maximum Gasteiger partial charge on any atom is 0.143 e. The minimum Gasteiger partial charge on any atom is -0.369 e. The minimum absolute atomic E-state index is 0.225. The molecule has 0 aliphatic heterocycles. The molecule has 1 aliphatic rings. The number of hydrogen-bond acceptors (Lipinski definition) is 3. The summed E-state index contributed by atoms with van der Waals surface area (Å²) in [6, 6.07) is 0. The molecule has 1 N–H and O–H groups in total. The van der Waals surface area contributed by atoms with Crippen LogP contribution in [-0.4, -0.2) is 16.5 Å². The molecule has 0 saturated heterocycles. The number of aromatic nitrogens is 2. The lowest BCUT2D eigenvalue weighted by Gasteiger charge is -2.20. The first-order valence-corrected chi connectivity index (χ1v) is 8.79. The van der Waals surface area contributed by atoms with Crippen molar-refractivity contribution < 1.29 is 0 Å². The molecular weight excluding hydrogens is 361 g/mol. The molecule has 20 heavy (non-hydrogen) atoms. The summed E-state index contributed by atoms with van der Waals surface area (Å²) in [4.78, 5) is 9.67. The number of nitrogens with one attached hydrogen (secondary N) is 1. The van der Waals surface area contributed by atoms with Gasteiger partial charge in [-0.15, -0.1) is 0 Å². The van der Waals surface area contributed by atoms with Gasteiger partial charge in [-0.1, -0.05) is 33.6 Å². The first-order valence-electron chi connectivity index (χ1n) is 7.71. The smallest absolute Gasteiger partial charge is 0.143 e. The molecule has 1 aromatic heterocycles. The lowest BCUT2D eigenvalue weighted by Crippen LogP contribution is -2.16. The molecule has 112 valence electrons. The molecule has 1 aliphatic carbocycles. The zero-order valence-corrected chi connectivity index (χ0v) is 15.2. The summed E-state index contributed by atoms with van der Waals surface area (Å²) >= 11 is 2.42. The van der Waals surface area contributed by atoms with E-state index >= 15 is 0 Å². The van der Waals surface area contributed by atoms with Crippen LogP contribution in [0.4, 0.5) is 5.82 Å². The van der Waals surface area contributed by atoms with E-state index in [0.29, 0.717) is 5.92 Å². The molecule has 3 nitrogen and oxygen atoms in total. The Balaban J connectivity index is 2.37. The van der Waals surface area contributed by atoms with Crippen LogP contribution in [0.5, 0.6) is 0 Å². The maximum atomic E-state index is 4.92. The summed E-state index contributed by atoms with van der Waals surface area (Å²) in [7, 11) is 0. The third-order valence-corrected chi connectivity index (χ3v) is 4.76. The number of anilines is 1. The predicted octanol–water partition coefficient (Wildman–Crippen LogP) is 4.76. The van der Waals surface area contributed by atoms with Crippen LogP contribution in [0.15, 0.2) is 0 Å². The highest BCUT2D eigenvalue weighted by Gasteiger charge is 2.25. The number of halogens is 1. The standard InChI is InChI=1S/C16H26IN3/c1-5-18-15-13(17)14(11-8-6-7-9-11)19-12(20-15)10-16(2,3)4/h11H,5-10H2,1-4H3,(H,18,19,20). The number of rotatable bonds is 4. The van der Waals surface area contributed by atoms with Gasteiger partial charge in [0.25, 0.3) is 0 Å². The fourth-order valence-electron chi connectivity index (χ4n) is 2.82.